The van der Waals surface area contributed by atoms with Crippen molar-refractivity contribution in [3.8, 4) is 0 Å². The van der Waals surface area contributed by atoms with Gasteiger partial charge in [0, 0.05) is 21.7 Å². The number of halogens is 1. The van der Waals surface area contributed by atoms with Gasteiger partial charge in [-0.1, -0.05) is 95.4 Å². The van der Waals surface area contributed by atoms with Crippen LogP contribution in [-0.2, 0) is 24.0 Å². The van der Waals surface area contributed by atoms with Crippen molar-refractivity contribution in [1.29, 1.82) is 0 Å². The van der Waals surface area contributed by atoms with Crippen molar-refractivity contribution in [2.75, 3.05) is 23.0 Å². The van der Waals surface area contributed by atoms with Gasteiger partial charge in [0.2, 0.25) is 5.91 Å². The first-order valence-corrected chi connectivity index (χ1v) is 16.2. The number of fused-ring (bicyclic) bond motifs is 1. The first-order valence-electron chi connectivity index (χ1n) is 12.8. The average molecular weight is 719 g/mol. The smallest absolute Gasteiger partial charge is 0.356 e. The van der Waals surface area contributed by atoms with Gasteiger partial charge in [-0.2, -0.15) is 9.85 Å². The van der Waals surface area contributed by atoms with Gasteiger partial charge in [-0.15, -0.1) is 11.8 Å². The van der Waals surface area contributed by atoms with Crippen LogP contribution in [0.15, 0.2) is 84.1 Å². The van der Waals surface area contributed by atoms with Crippen molar-refractivity contribution in [1.82, 2.24) is 25.1 Å². The Morgan fingerprint density at radius 2 is 1.83 bits per heavy atom. The zero-order chi connectivity index (χ0) is 29.6. The van der Waals surface area contributed by atoms with Crippen LogP contribution in [0.5, 0.6) is 0 Å². The largest absolute Gasteiger partial charge is 0.448 e. The molecule has 14 heteroatoms. The molecular weight excluding hydrogens is 691 g/mol. The molecule has 1 fully saturated rings. The Hall–Kier alpha value is -3.31. The minimum absolute atomic E-state index is 0.125. The number of ether oxygens (including phenoxy) is 1. The fraction of sp³-hybridized carbons (Fsp3) is 0.250. The summed E-state index contributed by atoms with van der Waals surface area (Å²) in [5, 5.41) is 2.45. The second-order valence-corrected chi connectivity index (χ2v) is 11.9. The SMILES string of the molecule is CONC(C(=O)NC1C(=O)N2C(C(=O)OC(c3ccccc3)c3ccccc3)=C(C=CCI)CS[C@H]12)c1nsc(N)n1. The van der Waals surface area contributed by atoms with Crippen molar-refractivity contribution >= 4 is 68.8 Å². The molecule has 0 aliphatic carbocycles. The standard InChI is InChI=1S/C28H27IN6O5S2/c1-39-33-19(23-32-28(30)42-34-23)24(36)31-20-25(37)35-21(18(13-8-14-29)15-41-26(20)35)27(38)40-22(16-9-4-2-5-10-16)17-11-6-3-7-12-17/h2-13,19-20,22,26,33H,14-15H2,1H3,(H,31,36)(H2,30,32,34)/t19?,20?,26-/m1/s1. The Morgan fingerprint density at radius 1 is 1.17 bits per heavy atom. The number of nitrogens with zero attached hydrogens (tertiary/aromatic N) is 3. The molecule has 2 unspecified atom stereocenters. The molecule has 0 radical (unpaired) electrons. The lowest BCUT2D eigenvalue weighted by atomic mass is 10.0. The first-order chi connectivity index (χ1) is 20.4. The quantitative estimate of drug-likeness (QED) is 0.0887. The number of amides is 2. The Balaban J connectivity index is 1.40. The summed E-state index contributed by atoms with van der Waals surface area (Å²) in [5.74, 6) is -1.04. The number of esters is 1. The lowest BCUT2D eigenvalue weighted by molar-refractivity contribution is -0.155. The summed E-state index contributed by atoms with van der Waals surface area (Å²) in [6.45, 7) is 0. The molecule has 3 heterocycles. The number of hydroxylamine groups is 1. The molecule has 1 saturated heterocycles. The van der Waals surface area contributed by atoms with Crippen LogP contribution < -0.4 is 16.5 Å². The van der Waals surface area contributed by atoms with E-state index in [0.29, 0.717) is 11.3 Å². The number of β-lactam (4-membered cyclic amide) rings is 1. The van der Waals surface area contributed by atoms with Gasteiger partial charge in [-0.3, -0.25) is 14.5 Å². The topological polar surface area (TPSA) is 149 Å². The van der Waals surface area contributed by atoms with E-state index in [1.165, 1.54) is 23.8 Å². The fourth-order valence-electron chi connectivity index (χ4n) is 4.64. The van der Waals surface area contributed by atoms with E-state index in [2.05, 4.69) is 42.7 Å². The summed E-state index contributed by atoms with van der Waals surface area (Å²) in [6.07, 6.45) is 3.09. The predicted molar refractivity (Wildman–Crippen MR) is 168 cm³/mol. The van der Waals surface area contributed by atoms with Gasteiger partial charge in [-0.05, 0) is 16.7 Å². The zero-order valence-corrected chi connectivity index (χ0v) is 26.1. The second-order valence-electron chi connectivity index (χ2n) is 9.18. The third-order valence-electron chi connectivity index (χ3n) is 6.54. The number of carbonyl (C=O) groups is 3. The van der Waals surface area contributed by atoms with Crippen molar-refractivity contribution < 1.29 is 24.0 Å². The molecule has 42 heavy (non-hydrogen) atoms. The van der Waals surface area contributed by atoms with E-state index in [9.17, 15) is 14.4 Å². The maximum absolute atomic E-state index is 13.9. The number of alkyl halides is 1. The number of hydrogen-bond donors (Lipinski definition) is 3. The van der Waals surface area contributed by atoms with Crippen LogP contribution in [0.25, 0.3) is 0 Å². The highest BCUT2D eigenvalue weighted by molar-refractivity contribution is 14.1. The molecule has 2 aliphatic rings. The highest BCUT2D eigenvalue weighted by Gasteiger charge is 2.55. The van der Waals surface area contributed by atoms with Crippen molar-refractivity contribution in [3.05, 3.63) is 101 Å². The van der Waals surface area contributed by atoms with Crippen LogP contribution in [0, 0.1) is 0 Å². The number of nitrogens with one attached hydrogen (secondary N) is 2. The van der Waals surface area contributed by atoms with E-state index in [4.69, 9.17) is 15.3 Å². The number of carbonyl (C=O) groups excluding carboxylic acids is 3. The van der Waals surface area contributed by atoms with Gasteiger partial charge in [-0.25, -0.2) is 9.78 Å². The van der Waals surface area contributed by atoms with E-state index in [1.807, 2.05) is 72.8 Å². The molecule has 0 spiro atoms. The summed E-state index contributed by atoms with van der Waals surface area (Å²) in [4.78, 5) is 51.1. The normalized spacial score (nSPS) is 19.0. The summed E-state index contributed by atoms with van der Waals surface area (Å²) < 4.78 is 11.0. The Morgan fingerprint density at radius 3 is 2.40 bits per heavy atom. The summed E-state index contributed by atoms with van der Waals surface area (Å²) in [5.41, 5.74) is 10.7. The Labute approximate surface area is 264 Å². The van der Waals surface area contributed by atoms with E-state index < -0.39 is 41.3 Å². The number of aromatic nitrogens is 2. The number of anilines is 1. The third-order valence-corrected chi connectivity index (χ3v) is 8.91. The van der Waals surface area contributed by atoms with Crippen LogP contribution in [0.3, 0.4) is 0 Å². The minimum atomic E-state index is -1.08. The maximum atomic E-state index is 13.9. The highest BCUT2D eigenvalue weighted by atomic mass is 127. The molecule has 5 rings (SSSR count). The zero-order valence-electron chi connectivity index (χ0n) is 22.3. The number of thioether (sulfide) groups is 1. The molecule has 0 saturated carbocycles. The lowest BCUT2D eigenvalue weighted by Gasteiger charge is -2.49. The lowest BCUT2D eigenvalue weighted by Crippen LogP contribution is -2.71. The molecule has 3 atom stereocenters. The molecule has 1 aromatic heterocycles. The van der Waals surface area contributed by atoms with Crippen LogP contribution in [0.1, 0.15) is 29.1 Å². The van der Waals surface area contributed by atoms with Gasteiger partial charge < -0.3 is 20.6 Å². The number of benzene rings is 2. The maximum Gasteiger partial charge on any atom is 0.356 e. The van der Waals surface area contributed by atoms with Gasteiger partial charge >= 0.3 is 5.97 Å². The molecule has 2 aromatic carbocycles. The second kappa shape index (κ2) is 13.8. The van der Waals surface area contributed by atoms with Crippen molar-refractivity contribution in [2.24, 2.45) is 0 Å². The average Bonchev–Trinajstić information content (AvgIpc) is 3.45. The first kappa shape index (κ1) is 30.2. The monoisotopic (exact) mass is 718 g/mol. The van der Waals surface area contributed by atoms with Gasteiger partial charge in [0.15, 0.2) is 23.1 Å². The van der Waals surface area contributed by atoms with E-state index in [-0.39, 0.29) is 16.7 Å². The molecule has 0 bridgehead atoms. The molecular formula is C28H27IN6O5S2. The number of hydrogen-bond acceptors (Lipinski definition) is 11. The summed E-state index contributed by atoms with van der Waals surface area (Å²) >= 11 is 4.61. The van der Waals surface area contributed by atoms with Crippen LogP contribution in [0.4, 0.5) is 5.13 Å². The third kappa shape index (κ3) is 6.36. The van der Waals surface area contributed by atoms with E-state index >= 15 is 0 Å². The fourth-order valence-corrected chi connectivity index (χ4v) is 6.68. The highest BCUT2D eigenvalue weighted by Crippen LogP contribution is 2.42. The Kier molecular flexibility index (Phi) is 9.89. The summed E-state index contributed by atoms with van der Waals surface area (Å²) in [7, 11) is 1.36. The number of nitrogen functional groups attached to an aromatic ring is 1. The number of nitrogens with two attached hydrogens (primary N) is 1. The van der Waals surface area contributed by atoms with Crippen LogP contribution >= 0.6 is 45.9 Å². The van der Waals surface area contributed by atoms with E-state index in [1.54, 1.807) is 0 Å². The van der Waals surface area contributed by atoms with Crippen molar-refractivity contribution in [2.45, 2.75) is 23.6 Å². The number of rotatable bonds is 11. The molecule has 4 N–H and O–H groups in total. The minimum Gasteiger partial charge on any atom is -0.448 e. The molecule has 218 valence electrons. The molecule has 2 aliphatic heterocycles. The van der Waals surface area contributed by atoms with Gasteiger partial charge in [0.05, 0.1) is 7.11 Å². The molecule has 11 nitrogen and oxygen atoms in total. The van der Waals surface area contributed by atoms with E-state index in [0.717, 1.165) is 27.1 Å². The van der Waals surface area contributed by atoms with Gasteiger partial charge in [0.25, 0.3) is 5.91 Å². The van der Waals surface area contributed by atoms with Crippen LogP contribution in [0.2, 0.25) is 0 Å². The Bertz CT molecular complexity index is 1460. The van der Waals surface area contributed by atoms with Crippen LogP contribution in [-0.4, -0.2) is 60.7 Å². The number of allylic oxidation sites excluding steroid dienone is 2. The van der Waals surface area contributed by atoms with Crippen molar-refractivity contribution in [3.63, 3.8) is 0 Å². The predicted octanol–water partition coefficient (Wildman–Crippen LogP) is 3.29. The molecule has 2 amide bonds. The molecule has 3 aromatic rings. The van der Waals surface area contributed by atoms with Gasteiger partial charge in [0.1, 0.15) is 17.1 Å². The summed E-state index contributed by atoms with van der Waals surface area (Å²) in [6, 6.07) is 16.9.